The molecule has 0 aliphatic heterocycles. The van der Waals surface area contributed by atoms with Crippen molar-refractivity contribution in [2.45, 2.75) is 25.3 Å². The Balaban J connectivity index is 1.58. The van der Waals surface area contributed by atoms with Crippen LogP contribution in [0.1, 0.15) is 28.8 Å². The van der Waals surface area contributed by atoms with E-state index in [0.29, 0.717) is 18.2 Å². The third kappa shape index (κ3) is 4.39. The molecule has 1 aliphatic carbocycles. The normalized spacial score (nSPS) is 13.4. The summed E-state index contributed by atoms with van der Waals surface area (Å²) in [6.07, 6.45) is 2.46. The lowest BCUT2D eigenvalue weighted by atomic mass is 10.1. The molecular weight excluding hydrogens is 295 g/mol. The van der Waals surface area contributed by atoms with E-state index in [2.05, 4.69) is 10.6 Å². The molecule has 2 amide bonds. The quantitative estimate of drug-likeness (QED) is 0.892. The Morgan fingerprint density at radius 2 is 1.83 bits per heavy atom. The van der Waals surface area contributed by atoms with Gasteiger partial charge in [0.05, 0.1) is 6.42 Å². The van der Waals surface area contributed by atoms with Gasteiger partial charge in [0.1, 0.15) is 5.82 Å². The second-order valence-corrected chi connectivity index (χ2v) is 5.68. The van der Waals surface area contributed by atoms with E-state index in [0.717, 1.165) is 18.4 Å². The number of anilines is 1. The third-order valence-corrected chi connectivity index (χ3v) is 3.61. The van der Waals surface area contributed by atoms with Crippen LogP contribution >= 0.6 is 0 Å². The van der Waals surface area contributed by atoms with Gasteiger partial charge in [0.25, 0.3) is 5.91 Å². The zero-order valence-corrected chi connectivity index (χ0v) is 12.5. The largest absolute Gasteiger partial charge is 0.353 e. The zero-order valence-electron chi connectivity index (χ0n) is 12.5. The SMILES string of the molecule is O=C(Cc1ccc(NC(=O)c2cccc(F)c2)cc1)NC1CC1. The summed E-state index contributed by atoms with van der Waals surface area (Å²) in [5.74, 6) is -0.803. The van der Waals surface area contributed by atoms with Crippen molar-refractivity contribution in [3.8, 4) is 0 Å². The van der Waals surface area contributed by atoms with Gasteiger partial charge in [-0.05, 0) is 48.7 Å². The van der Waals surface area contributed by atoms with Crippen LogP contribution in [0.5, 0.6) is 0 Å². The molecule has 2 N–H and O–H groups in total. The molecule has 0 bridgehead atoms. The van der Waals surface area contributed by atoms with Crippen LogP contribution in [-0.2, 0) is 11.2 Å². The Morgan fingerprint density at radius 1 is 1.09 bits per heavy atom. The summed E-state index contributed by atoms with van der Waals surface area (Å²) in [6, 6.07) is 12.9. The highest BCUT2D eigenvalue weighted by molar-refractivity contribution is 6.04. The minimum atomic E-state index is -0.449. The fraction of sp³-hybridized carbons (Fsp3) is 0.222. The molecule has 0 atom stereocenters. The lowest BCUT2D eigenvalue weighted by molar-refractivity contribution is -0.120. The molecule has 2 aromatic carbocycles. The maximum absolute atomic E-state index is 13.1. The van der Waals surface area contributed by atoms with Gasteiger partial charge in [0.2, 0.25) is 5.91 Å². The Bertz CT molecular complexity index is 724. The van der Waals surface area contributed by atoms with Crippen molar-refractivity contribution in [1.29, 1.82) is 0 Å². The first-order valence-corrected chi connectivity index (χ1v) is 7.55. The van der Waals surface area contributed by atoms with Crippen LogP contribution in [0.3, 0.4) is 0 Å². The van der Waals surface area contributed by atoms with Crippen LogP contribution in [0, 0.1) is 5.82 Å². The predicted octanol–water partition coefficient (Wildman–Crippen LogP) is 2.90. The second-order valence-electron chi connectivity index (χ2n) is 5.68. The monoisotopic (exact) mass is 312 g/mol. The van der Waals surface area contributed by atoms with E-state index in [1.54, 1.807) is 30.3 Å². The number of carbonyl (C=O) groups excluding carboxylic acids is 2. The maximum atomic E-state index is 13.1. The molecule has 0 aromatic heterocycles. The first-order valence-electron chi connectivity index (χ1n) is 7.55. The molecule has 1 aliphatic rings. The summed E-state index contributed by atoms with van der Waals surface area (Å²) < 4.78 is 13.1. The number of amides is 2. The van der Waals surface area contributed by atoms with Crippen LogP contribution in [0.15, 0.2) is 48.5 Å². The van der Waals surface area contributed by atoms with E-state index >= 15 is 0 Å². The summed E-state index contributed by atoms with van der Waals surface area (Å²) >= 11 is 0. The van der Waals surface area contributed by atoms with Crippen molar-refractivity contribution in [2.24, 2.45) is 0 Å². The molecular formula is C18H17FN2O2. The van der Waals surface area contributed by atoms with Crippen molar-refractivity contribution in [3.63, 3.8) is 0 Å². The van der Waals surface area contributed by atoms with Crippen molar-refractivity contribution in [2.75, 3.05) is 5.32 Å². The topological polar surface area (TPSA) is 58.2 Å². The highest BCUT2D eigenvalue weighted by atomic mass is 19.1. The molecule has 23 heavy (non-hydrogen) atoms. The average Bonchev–Trinajstić information content (AvgIpc) is 3.33. The van der Waals surface area contributed by atoms with E-state index in [4.69, 9.17) is 0 Å². The minimum Gasteiger partial charge on any atom is -0.353 e. The Labute approximate surface area is 133 Å². The molecule has 118 valence electrons. The minimum absolute atomic E-state index is 0.0176. The third-order valence-electron chi connectivity index (χ3n) is 3.61. The summed E-state index contributed by atoms with van der Waals surface area (Å²) in [5.41, 5.74) is 1.75. The summed E-state index contributed by atoms with van der Waals surface area (Å²) in [4.78, 5) is 23.7. The molecule has 2 aromatic rings. The van der Waals surface area contributed by atoms with Gasteiger partial charge in [0, 0.05) is 17.3 Å². The van der Waals surface area contributed by atoms with Gasteiger partial charge < -0.3 is 10.6 Å². The lowest BCUT2D eigenvalue weighted by Gasteiger charge is -2.07. The number of halogens is 1. The van der Waals surface area contributed by atoms with E-state index < -0.39 is 5.82 Å². The number of rotatable bonds is 5. The molecule has 1 fully saturated rings. The number of benzene rings is 2. The summed E-state index contributed by atoms with van der Waals surface area (Å²) in [6.45, 7) is 0. The number of nitrogens with one attached hydrogen (secondary N) is 2. The first kappa shape index (κ1) is 15.2. The van der Waals surface area contributed by atoms with Crippen LogP contribution in [0.2, 0.25) is 0 Å². The Kier molecular flexibility index (Phi) is 4.37. The molecule has 5 heteroatoms. The van der Waals surface area contributed by atoms with Gasteiger partial charge in [-0.3, -0.25) is 9.59 Å². The molecule has 1 saturated carbocycles. The summed E-state index contributed by atoms with van der Waals surface area (Å²) in [5, 5.41) is 5.63. The Morgan fingerprint density at radius 3 is 2.48 bits per heavy atom. The number of carbonyl (C=O) groups is 2. The highest BCUT2D eigenvalue weighted by Crippen LogP contribution is 2.19. The standard InChI is InChI=1S/C18H17FN2O2/c19-14-3-1-2-13(11-14)18(23)21-16-6-4-12(5-7-16)10-17(22)20-15-8-9-15/h1-7,11,15H,8-10H2,(H,20,22)(H,21,23). The zero-order chi connectivity index (χ0) is 16.2. The lowest BCUT2D eigenvalue weighted by Crippen LogP contribution is -2.26. The Hall–Kier alpha value is -2.69. The van der Waals surface area contributed by atoms with Gasteiger partial charge in [-0.25, -0.2) is 4.39 Å². The molecule has 0 radical (unpaired) electrons. The van der Waals surface area contributed by atoms with Gasteiger partial charge in [-0.15, -0.1) is 0 Å². The maximum Gasteiger partial charge on any atom is 0.255 e. The van der Waals surface area contributed by atoms with Gasteiger partial charge >= 0.3 is 0 Å². The number of hydrogen-bond acceptors (Lipinski definition) is 2. The molecule has 0 spiro atoms. The van der Waals surface area contributed by atoms with Crippen molar-refractivity contribution >= 4 is 17.5 Å². The van der Waals surface area contributed by atoms with Gasteiger partial charge in [-0.2, -0.15) is 0 Å². The first-order chi connectivity index (χ1) is 11.1. The second kappa shape index (κ2) is 6.60. The van der Waals surface area contributed by atoms with Crippen LogP contribution < -0.4 is 10.6 Å². The molecule has 0 heterocycles. The summed E-state index contributed by atoms with van der Waals surface area (Å²) in [7, 11) is 0. The van der Waals surface area contributed by atoms with Crippen LogP contribution in [-0.4, -0.2) is 17.9 Å². The van der Waals surface area contributed by atoms with Crippen molar-refractivity contribution in [1.82, 2.24) is 5.32 Å². The van der Waals surface area contributed by atoms with E-state index in [1.165, 1.54) is 18.2 Å². The predicted molar refractivity (Wildman–Crippen MR) is 85.7 cm³/mol. The molecule has 0 unspecified atom stereocenters. The highest BCUT2D eigenvalue weighted by Gasteiger charge is 2.23. The molecule has 0 saturated heterocycles. The van der Waals surface area contributed by atoms with E-state index in [-0.39, 0.29) is 17.4 Å². The molecule has 3 rings (SSSR count). The van der Waals surface area contributed by atoms with Crippen molar-refractivity contribution < 1.29 is 14.0 Å². The van der Waals surface area contributed by atoms with Gasteiger partial charge in [-0.1, -0.05) is 18.2 Å². The number of hydrogen-bond donors (Lipinski definition) is 2. The fourth-order valence-electron chi connectivity index (χ4n) is 2.23. The van der Waals surface area contributed by atoms with Crippen molar-refractivity contribution in [3.05, 3.63) is 65.5 Å². The molecule has 4 nitrogen and oxygen atoms in total. The average molecular weight is 312 g/mol. The smallest absolute Gasteiger partial charge is 0.255 e. The van der Waals surface area contributed by atoms with Crippen LogP contribution in [0.4, 0.5) is 10.1 Å². The van der Waals surface area contributed by atoms with Crippen LogP contribution in [0.25, 0.3) is 0 Å². The van der Waals surface area contributed by atoms with E-state index in [9.17, 15) is 14.0 Å². The fourth-order valence-corrected chi connectivity index (χ4v) is 2.23. The van der Waals surface area contributed by atoms with Gasteiger partial charge in [0.15, 0.2) is 0 Å². The van der Waals surface area contributed by atoms with E-state index in [1.807, 2.05) is 0 Å².